The Morgan fingerprint density at radius 3 is 2.52 bits per heavy atom. The van der Waals surface area contributed by atoms with Gasteiger partial charge in [0, 0.05) is 32.2 Å². The molecule has 1 atom stereocenters. The van der Waals surface area contributed by atoms with Crippen LogP contribution in [0.2, 0.25) is 0 Å². The average Bonchev–Trinajstić information content (AvgIpc) is 2.86. The Balaban J connectivity index is 1.71. The zero-order valence-electron chi connectivity index (χ0n) is 14.5. The fourth-order valence-corrected chi connectivity index (χ4v) is 3.67. The molecule has 1 N–H and O–H groups in total. The van der Waals surface area contributed by atoms with Crippen LogP contribution in [0.1, 0.15) is 23.2 Å². The first-order chi connectivity index (χ1) is 12.0. The molecule has 25 heavy (non-hydrogen) atoms. The van der Waals surface area contributed by atoms with Crippen LogP contribution in [0.15, 0.2) is 18.5 Å². The minimum atomic E-state index is -0.842. The molecule has 3 rings (SSSR count). The summed E-state index contributed by atoms with van der Waals surface area (Å²) in [6.07, 6.45) is 5.00. The topological polar surface area (TPSA) is 89.9 Å². The number of carbonyl (C=O) groups is 2. The van der Waals surface area contributed by atoms with E-state index in [-0.39, 0.29) is 12.5 Å². The van der Waals surface area contributed by atoms with Crippen LogP contribution in [0.5, 0.6) is 0 Å². The summed E-state index contributed by atoms with van der Waals surface area (Å²) in [5.74, 6) is -1.59. The van der Waals surface area contributed by atoms with Crippen molar-refractivity contribution in [2.24, 2.45) is 5.92 Å². The number of carboxylic acids is 1. The van der Waals surface area contributed by atoms with Crippen molar-refractivity contribution in [3.8, 4) is 0 Å². The number of carboxylic acid groups (broad SMARTS) is 1. The van der Waals surface area contributed by atoms with E-state index >= 15 is 0 Å². The van der Waals surface area contributed by atoms with Crippen molar-refractivity contribution in [2.75, 3.05) is 46.3 Å². The van der Waals surface area contributed by atoms with E-state index in [2.05, 4.69) is 27.0 Å². The monoisotopic (exact) mass is 347 g/mol. The first kappa shape index (κ1) is 17.8. The SMILES string of the molecule is CN1CCC(N2CCN(C(=O)c3ccnnc3)C[C@@H](C(=O)O)C2)CC1. The number of hydrogen-bond acceptors (Lipinski definition) is 6. The molecule has 0 aromatic carbocycles. The van der Waals surface area contributed by atoms with Crippen molar-refractivity contribution < 1.29 is 14.7 Å². The Labute approximate surface area is 147 Å². The van der Waals surface area contributed by atoms with Gasteiger partial charge in [-0.1, -0.05) is 0 Å². The summed E-state index contributed by atoms with van der Waals surface area (Å²) in [6, 6.07) is 2.01. The predicted octanol–water partition coefficient (Wildman–Crippen LogP) is 0.0294. The smallest absolute Gasteiger partial charge is 0.309 e. The zero-order valence-corrected chi connectivity index (χ0v) is 14.5. The summed E-state index contributed by atoms with van der Waals surface area (Å²) in [4.78, 5) is 30.6. The number of carbonyl (C=O) groups excluding carboxylic acids is 1. The van der Waals surface area contributed by atoms with Crippen LogP contribution < -0.4 is 0 Å². The van der Waals surface area contributed by atoms with Crippen LogP contribution >= 0.6 is 0 Å². The molecule has 0 spiro atoms. The second-order valence-corrected chi connectivity index (χ2v) is 6.95. The van der Waals surface area contributed by atoms with Gasteiger partial charge in [-0.3, -0.25) is 14.5 Å². The van der Waals surface area contributed by atoms with Crippen molar-refractivity contribution >= 4 is 11.9 Å². The lowest BCUT2D eigenvalue weighted by Gasteiger charge is -2.37. The van der Waals surface area contributed by atoms with E-state index in [1.54, 1.807) is 11.0 Å². The molecule has 2 fully saturated rings. The van der Waals surface area contributed by atoms with Gasteiger partial charge >= 0.3 is 5.97 Å². The minimum Gasteiger partial charge on any atom is -0.481 e. The van der Waals surface area contributed by atoms with Crippen molar-refractivity contribution in [2.45, 2.75) is 18.9 Å². The lowest BCUT2D eigenvalue weighted by atomic mass is 10.0. The quantitative estimate of drug-likeness (QED) is 0.825. The average molecular weight is 347 g/mol. The van der Waals surface area contributed by atoms with Crippen LogP contribution in [-0.4, -0.2) is 94.2 Å². The maximum Gasteiger partial charge on any atom is 0.309 e. The normalized spacial score (nSPS) is 24.0. The summed E-state index contributed by atoms with van der Waals surface area (Å²) in [5, 5.41) is 17.0. The molecule has 2 saturated heterocycles. The molecule has 0 bridgehead atoms. The molecule has 1 amide bonds. The highest BCUT2D eigenvalue weighted by Crippen LogP contribution is 2.20. The van der Waals surface area contributed by atoms with Crippen LogP contribution in [0.4, 0.5) is 0 Å². The molecule has 2 aliphatic rings. The van der Waals surface area contributed by atoms with Gasteiger partial charge in [0.05, 0.1) is 23.9 Å². The van der Waals surface area contributed by atoms with Gasteiger partial charge in [0.25, 0.3) is 5.91 Å². The fourth-order valence-electron chi connectivity index (χ4n) is 3.67. The third-order valence-electron chi connectivity index (χ3n) is 5.22. The van der Waals surface area contributed by atoms with Gasteiger partial charge in [0.2, 0.25) is 0 Å². The molecule has 0 unspecified atom stereocenters. The zero-order chi connectivity index (χ0) is 17.8. The van der Waals surface area contributed by atoms with Gasteiger partial charge in [-0.15, -0.1) is 0 Å². The summed E-state index contributed by atoms with van der Waals surface area (Å²) in [5.41, 5.74) is 0.451. The molecular formula is C17H25N5O3. The molecule has 1 aromatic rings. The highest BCUT2D eigenvalue weighted by Gasteiger charge is 2.33. The highest BCUT2D eigenvalue weighted by atomic mass is 16.4. The highest BCUT2D eigenvalue weighted by molar-refractivity contribution is 5.94. The number of aromatic nitrogens is 2. The van der Waals surface area contributed by atoms with Gasteiger partial charge in [-0.05, 0) is 39.0 Å². The number of rotatable bonds is 3. The number of hydrogen-bond donors (Lipinski definition) is 1. The second kappa shape index (κ2) is 7.88. The summed E-state index contributed by atoms with van der Waals surface area (Å²) in [7, 11) is 2.11. The second-order valence-electron chi connectivity index (χ2n) is 6.95. The number of piperidine rings is 1. The number of aliphatic carboxylic acids is 1. The van der Waals surface area contributed by atoms with Crippen molar-refractivity contribution in [1.29, 1.82) is 0 Å². The van der Waals surface area contributed by atoms with Crippen LogP contribution in [0.25, 0.3) is 0 Å². The summed E-state index contributed by atoms with van der Waals surface area (Å²) >= 11 is 0. The summed E-state index contributed by atoms with van der Waals surface area (Å²) in [6.45, 7) is 4.05. The van der Waals surface area contributed by atoms with Gasteiger partial charge in [0.15, 0.2) is 0 Å². The third-order valence-corrected chi connectivity index (χ3v) is 5.22. The molecule has 3 heterocycles. The Morgan fingerprint density at radius 1 is 1.12 bits per heavy atom. The predicted molar refractivity (Wildman–Crippen MR) is 91.2 cm³/mol. The van der Waals surface area contributed by atoms with E-state index < -0.39 is 11.9 Å². The van der Waals surface area contributed by atoms with Gasteiger partial charge in [-0.2, -0.15) is 10.2 Å². The molecular weight excluding hydrogens is 322 g/mol. The maximum absolute atomic E-state index is 12.7. The standard InChI is InChI=1S/C17H25N5O3/c1-20-6-3-15(4-7-20)21-8-9-22(12-14(11-21)17(24)25)16(23)13-2-5-18-19-10-13/h2,5,10,14-15H,3-4,6-9,11-12H2,1H3,(H,24,25)/t14-/m0/s1. The lowest BCUT2D eigenvalue weighted by molar-refractivity contribution is -0.142. The number of nitrogens with zero attached hydrogens (tertiary/aromatic N) is 5. The Kier molecular flexibility index (Phi) is 5.60. The first-order valence-electron chi connectivity index (χ1n) is 8.76. The number of likely N-dealkylation sites (tertiary alicyclic amines) is 1. The maximum atomic E-state index is 12.7. The largest absolute Gasteiger partial charge is 0.481 e. The molecule has 136 valence electrons. The molecule has 0 saturated carbocycles. The van der Waals surface area contributed by atoms with E-state index in [1.165, 1.54) is 12.4 Å². The number of amides is 1. The van der Waals surface area contributed by atoms with E-state index in [0.717, 1.165) is 25.9 Å². The molecule has 8 heteroatoms. The van der Waals surface area contributed by atoms with Gasteiger partial charge < -0.3 is 14.9 Å². The lowest BCUT2D eigenvalue weighted by Crippen LogP contribution is -2.46. The third kappa shape index (κ3) is 4.32. The molecule has 0 aliphatic carbocycles. The van der Waals surface area contributed by atoms with Crippen molar-refractivity contribution in [3.05, 3.63) is 24.0 Å². The van der Waals surface area contributed by atoms with Crippen LogP contribution in [-0.2, 0) is 4.79 Å². The van der Waals surface area contributed by atoms with E-state index in [9.17, 15) is 14.7 Å². The Hall–Kier alpha value is -2.06. The van der Waals surface area contributed by atoms with Crippen LogP contribution in [0.3, 0.4) is 0 Å². The molecule has 1 aromatic heterocycles. The fraction of sp³-hybridized carbons (Fsp3) is 0.647. The van der Waals surface area contributed by atoms with E-state index in [4.69, 9.17) is 0 Å². The van der Waals surface area contributed by atoms with Crippen molar-refractivity contribution in [3.63, 3.8) is 0 Å². The minimum absolute atomic E-state index is 0.175. The molecule has 0 radical (unpaired) electrons. The van der Waals surface area contributed by atoms with E-state index in [1.807, 2.05) is 0 Å². The Morgan fingerprint density at radius 2 is 1.88 bits per heavy atom. The van der Waals surface area contributed by atoms with Crippen molar-refractivity contribution in [1.82, 2.24) is 24.9 Å². The first-order valence-corrected chi connectivity index (χ1v) is 8.76. The summed E-state index contributed by atoms with van der Waals surface area (Å²) < 4.78 is 0. The van der Waals surface area contributed by atoms with E-state index in [0.29, 0.717) is 31.2 Å². The Bertz CT molecular complexity index is 604. The molecule has 8 nitrogen and oxygen atoms in total. The molecule has 2 aliphatic heterocycles. The van der Waals surface area contributed by atoms with Gasteiger partial charge in [0.1, 0.15) is 0 Å². The van der Waals surface area contributed by atoms with Crippen LogP contribution in [0, 0.1) is 5.92 Å². The van der Waals surface area contributed by atoms with Gasteiger partial charge in [-0.25, -0.2) is 0 Å².